The standard InChI is InChI=1S/C13H13ClN4O2S/c1-2-20-13(19)17-12(21)16-11-10(7-15-18-11)8-4-3-5-9(14)6-8/h3-7H,2H2,1H3,(H3,15,16,17,18,19,21). The van der Waals surface area contributed by atoms with E-state index in [2.05, 4.69) is 20.8 Å². The first-order valence-corrected chi connectivity index (χ1v) is 6.93. The Hall–Kier alpha value is -2.12. The number of ether oxygens (including phenoxy) is 1. The molecule has 3 N–H and O–H groups in total. The highest BCUT2D eigenvalue weighted by atomic mass is 35.5. The fourth-order valence-corrected chi connectivity index (χ4v) is 2.04. The maximum Gasteiger partial charge on any atom is 0.413 e. The molecule has 0 fully saturated rings. The minimum absolute atomic E-state index is 0.112. The highest BCUT2D eigenvalue weighted by molar-refractivity contribution is 7.80. The van der Waals surface area contributed by atoms with Gasteiger partial charge in [0.25, 0.3) is 0 Å². The van der Waals surface area contributed by atoms with Crippen molar-refractivity contribution in [3.05, 3.63) is 35.5 Å². The lowest BCUT2D eigenvalue weighted by Gasteiger charge is -2.09. The van der Waals surface area contributed by atoms with E-state index in [1.54, 1.807) is 25.3 Å². The number of alkyl carbamates (subject to hydrolysis) is 1. The van der Waals surface area contributed by atoms with Gasteiger partial charge in [-0.25, -0.2) is 4.79 Å². The molecule has 6 nitrogen and oxygen atoms in total. The highest BCUT2D eigenvalue weighted by Crippen LogP contribution is 2.27. The van der Waals surface area contributed by atoms with Crippen molar-refractivity contribution in [2.75, 3.05) is 11.9 Å². The molecule has 0 aliphatic carbocycles. The van der Waals surface area contributed by atoms with E-state index in [1.807, 2.05) is 12.1 Å². The molecule has 2 aromatic rings. The van der Waals surface area contributed by atoms with E-state index in [-0.39, 0.29) is 11.7 Å². The molecule has 1 amide bonds. The molecule has 1 aromatic heterocycles. The molecule has 110 valence electrons. The zero-order valence-corrected chi connectivity index (χ0v) is 12.7. The van der Waals surface area contributed by atoms with Crippen molar-refractivity contribution in [2.24, 2.45) is 0 Å². The van der Waals surface area contributed by atoms with Crippen LogP contribution in [-0.2, 0) is 4.74 Å². The summed E-state index contributed by atoms with van der Waals surface area (Å²) in [5.41, 5.74) is 1.66. The number of thiocarbonyl (C=S) groups is 1. The van der Waals surface area contributed by atoms with Gasteiger partial charge in [0.05, 0.1) is 12.8 Å². The number of benzene rings is 1. The van der Waals surface area contributed by atoms with Crippen molar-refractivity contribution >= 4 is 40.8 Å². The van der Waals surface area contributed by atoms with Gasteiger partial charge in [-0.1, -0.05) is 23.7 Å². The maximum absolute atomic E-state index is 11.3. The molecule has 0 aliphatic rings. The van der Waals surface area contributed by atoms with Crippen LogP contribution in [0.5, 0.6) is 0 Å². The maximum atomic E-state index is 11.3. The van der Waals surface area contributed by atoms with Crippen molar-refractivity contribution in [3.63, 3.8) is 0 Å². The van der Waals surface area contributed by atoms with E-state index in [1.165, 1.54) is 0 Å². The Morgan fingerprint density at radius 2 is 2.33 bits per heavy atom. The lowest BCUT2D eigenvalue weighted by molar-refractivity contribution is 0.158. The molecule has 0 radical (unpaired) electrons. The summed E-state index contributed by atoms with van der Waals surface area (Å²) in [7, 11) is 0. The van der Waals surface area contributed by atoms with Crippen molar-refractivity contribution in [1.82, 2.24) is 15.5 Å². The van der Waals surface area contributed by atoms with Crippen LogP contribution in [0, 0.1) is 0 Å². The van der Waals surface area contributed by atoms with Gasteiger partial charge in [0.15, 0.2) is 5.11 Å². The molecule has 21 heavy (non-hydrogen) atoms. The first-order chi connectivity index (χ1) is 10.1. The number of aromatic nitrogens is 2. The third kappa shape index (κ3) is 4.17. The van der Waals surface area contributed by atoms with Gasteiger partial charge in [-0.2, -0.15) is 5.10 Å². The van der Waals surface area contributed by atoms with E-state index in [0.717, 1.165) is 11.1 Å². The first kappa shape index (κ1) is 15.3. The van der Waals surface area contributed by atoms with Crippen molar-refractivity contribution < 1.29 is 9.53 Å². The van der Waals surface area contributed by atoms with E-state index < -0.39 is 6.09 Å². The molecule has 8 heteroatoms. The topological polar surface area (TPSA) is 79.0 Å². The van der Waals surface area contributed by atoms with Gasteiger partial charge in [0.2, 0.25) is 0 Å². The number of carbonyl (C=O) groups excluding carboxylic acids is 1. The number of amides is 1. The summed E-state index contributed by atoms with van der Waals surface area (Å²) < 4.78 is 4.74. The second kappa shape index (κ2) is 7.05. The Kier molecular flexibility index (Phi) is 5.13. The number of carbonyl (C=O) groups is 1. The van der Waals surface area contributed by atoms with Gasteiger partial charge < -0.3 is 10.1 Å². The lowest BCUT2D eigenvalue weighted by Crippen LogP contribution is -2.34. The molecule has 0 aliphatic heterocycles. The summed E-state index contributed by atoms with van der Waals surface area (Å²) in [6.07, 6.45) is 1.03. The Morgan fingerprint density at radius 1 is 1.52 bits per heavy atom. The Morgan fingerprint density at radius 3 is 3.05 bits per heavy atom. The van der Waals surface area contributed by atoms with Crippen molar-refractivity contribution in [3.8, 4) is 11.1 Å². The molecule has 0 unspecified atom stereocenters. The minimum Gasteiger partial charge on any atom is -0.450 e. The number of H-pyrrole nitrogens is 1. The monoisotopic (exact) mass is 324 g/mol. The Labute approximate surface area is 131 Å². The summed E-state index contributed by atoms with van der Waals surface area (Å²) in [5.74, 6) is 0.555. The predicted octanol–water partition coefficient (Wildman–Crippen LogP) is 3.17. The quantitative estimate of drug-likeness (QED) is 0.756. The predicted molar refractivity (Wildman–Crippen MR) is 85.4 cm³/mol. The molecule has 0 atom stereocenters. The molecular formula is C13H13ClN4O2S. The number of nitrogens with one attached hydrogen (secondary N) is 3. The summed E-state index contributed by atoms with van der Waals surface area (Å²) in [5, 5.41) is 12.7. The number of hydrogen-bond donors (Lipinski definition) is 3. The van der Waals surface area contributed by atoms with Gasteiger partial charge in [-0.05, 0) is 36.8 Å². The van der Waals surface area contributed by atoms with Crippen LogP contribution in [0.15, 0.2) is 30.5 Å². The van der Waals surface area contributed by atoms with E-state index in [9.17, 15) is 4.79 Å². The highest BCUT2D eigenvalue weighted by Gasteiger charge is 2.11. The van der Waals surface area contributed by atoms with Crippen LogP contribution in [0.1, 0.15) is 6.92 Å². The zero-order chi connectivity index (χ0) is 15.2. The summed E-state index contributed by atoms with van der Waals surface area (Å²) >= 11 is 11.0. The molecular weight excluding hydrogens is 312 g/mol. The zero-order valence-electron chi connectivity index (χ0n) is 11.1. The number of anilines is 1. The number of nitrogens with zero attached hydrogens (tertiary/aromatic N) is 1. The molecule has 0 bridgehead atoms. The van der Waals surface area contributed by atoms with Crippen LogP contribution >= 0.6 is 23.8 Å². The van der Waals surface area contributed by atoms with Crippen molar-refractivity contribution in [1.29, 1.82) is 0 Å². The van der Waals surface area contributed by atoms with E-state index in [0.29, 0.717) is 10.8 Å². The van der Waals surface area contributed by atoms with Crippen LogP contribution in [0.3, 0.4) is 0 Å². The normalized spacial score (nSPS) is 10.0. The Balaban J connectivity index is 2.10. The average Bonchev–Trinajstić information content (AvgIpc) is 2.86. The number of rotatable bonds is 3. The summed E-state index contributed by atoms with van der Waals surface area (Å²) in [4.78, 5) is 11.3. The van der Waals surface area contributed by atoms with Crippen molar-refractivity contribution in [2.45, 2.75) is 6.92 Å². The van der Waals surface area contributed by atoms with Gasteiger partial charge in [0.1, 0.15) is 5.82 Å². The van der Waals surface area contributed by atoms with Crippen LogP contribution in [0.25, 0.3) is 11.1 Å². The van der Waals surface area contributed by atoms with E-state index in [4.69, 9.17) is 28.6 Å². The van der Waals surface area contributed by atoms with Crippen LogP contribution < -0.4 is 10.6 Å². The average molecular weight is 325 g/mol. The van der Waals surface area contributed by atoms with Gasteiger partial charge in [-0.3, -0.25) is 10.4 Å². The Bertz CT molecular complexity index is 659. The third-order valence-electron chi connectivity index (χ3n) is 2.50. The van der Waals surface area contributed by atoms with Gasteiger partial charge in [0, 0.05) is 10.6 Å². The first-order valence-electron chi connectivity index (χ1n) is 6.14. The molecule has 1 aromatic carbocycles. The smallest absolute Gasteiger partial charge is 0.413 e. The fourth-order valence-electron chi connectivity index (χ4n) is 1.66. The fraction of sp³-hybridized carbons (Fsp3) is 0.154. The molecule has 1 heterocycles. The van der Waals surface area contributed by atoms with Crippen LogP contribution in [-0.4, -0.2) is 28.0 Å². The number of halogens is 1. The largest absolute Gasteiger partial charge is 0.450 e. The second-order valence-electron chi connectivity index (χ2n) is 3.97. The second-order valence-corrected chi connectivity index (χ2v) is 4.81. The molecule has 0 saturated heterocycles. The van der Waals surface area contributed by atoms with E-state index >= 15 is 0 Å². The SMILES string of the molecule is CCOC(=O)NC(=S)Nc1[nH]ncc1-c1cccc(Cl)c1. The molecule has 2 rings (SSSR count). The number of aromatic amines is 1. The lowest BCUT2D eigenvalue weighted by atomic mass is 10.1. The van der Waals surface area contributed by atoms with Gasteiger partial charge >= 0.3 is 6.09 Å². The number of hydrogen-bond acceptors (Lipinski definition) is 4. The third-order valence-corrected chi connectivity index (χ3v) is 2.94. The summed E-state index contributed by atoms with van der Waals surface area (Å²) in [6.45, 7) is 1.98. The van der Waals surface area contributed by atoms with Crippen LogP contribution in [0.4, 0.5) is 10.6 Å². The molecule has 0 saturated carbocycles. The molecule has 0 spiro atoms. The van der Waals surface area contributed by atoms with Gasteiger partial charge in [-0.15, -0.1) is 0 Å². The summed E-state index contributed by atoms with van der Waals surface area (Å²) in [6, 6.07) is 7.32. The van der Waals surface area contributed by atoms with Crippen LogP contribution in [0.2, 0.25) is 5.02 Å². The minimum atomic E-state index is -0.612.